The molecule has 6 aromatic carbocycles. The Morgan fingerprint density at radius 1 is 0.471 bits per heavy atom. The first-order valence-corrected chi connectivity index (χ1v) is 22.0. The number of benzene rings is 6. The third kappa shape index (κ3) is 11.5. The molecule has 0 saturated carbocycles. The molecule has 68 heavy (non-hydrogen) atoms. The van der Waals surface area contributed by atoms with Gasteiger partial charge in [-0.05, 0) is 111 Å². The van der Waals surface area contributed by atoms with Gasteiger partial charge < -0.3 is 41.7 Å². The average molecular weight is 967 g/mol. The van der Waals surface area contributed by atoms with Crippen molar-refractivity contribution in [1.82, 2.24) is 0 Å². The summed E-state index contributed by atoms with van der Waals surface area (Å²) in [5, 5.41) is 66.1. The lowest BCUT2D eigenvalue weighted by molar-refractivity contribution is 0.0682. The van der Waals surface area contributed by atoms with Crippen LogP contribution in [0.25, 0.3) is 0 Å². The Bertz CT molecular complexity index is 3120. The SMILES string of the molecule is Cc1c(N=Nc2ccc(C(=O)Nc3cc(S(=O)(=O)O)cc(C(=O)O)c3O)cc2)cccc1NC(=O)Nc1cccc(N=Nc2ccc(C(=O)Nc3cc(S(=O)(=O)O)cc(C(=O)O)c3O)cc2)c1C. The van der Waals surface area contributed by atoms with Crippen LogP contribution in [0.1, 0.15) is 52.6 Å². The zero-order valence-corrected chi connectivity index (χ0v) is 36.5. The van der Waals surface area contributed by atoms with E-state index in [2.05, 4.69) is 41.7 Å². The minimum Gasteiger partial charge on any atom is -0.505 e. The largest absolute Gasteiger partial charge is 0.505 e. The van der Waals surface area contributed by atoms with Crippen LogP contribution in [0.4, 0.5) is 50.3 Å². The van der Waals surface area contributed by atoms with Crippen LogP contribution < -0.4 is 21.3 Å². The first kappa shape index (κ1) is 48.5. The predicted octanol–water partition coefficient (Wildman–Crippen LogP) is 8.58. The van der Waals surface area contributed by atoms with E-state index >= 15 is 0 Å². The molecule has 0 aliphatic heterocycles. The number of nitrogens with zero attached hydrogens (tertiary/aromatic N) is 4. The number of phenols is 2. The molecule has 0 radical (unpaired) electrons. The van der Waals surface area contributed by atoms with Gasteiger partial charge in [-0.2, -0.15) is 37.3 Å². The normalized spacial score (nSPS) is 11.6. The fraction of sp³-hybridized carbons (Fsp3) is 0.0465. The van der Waals surface area contributed by atoms with Crippen molar-refractivity contribution in [3.63, 3.8) is 0 Å². The van der Waals surface area contributed by atoms with Crippen LogP contribution in [0.5, 0.6) is 11.5 Å². The average Bonchev–Trinajstić information content (AvgIpc) is 3.27. The molecular formula is C43H34N8O15S2. The van der Waals surface area contributed by atoms with Crippen LogP contribution in [0.2, 0.25) is 0 Å². The van der Waals surface area contributed by atoms with Crippen LogP contribution in [-0.2, 0) is 20.2 Å². The van der Waals surface area contributed by atoms with Gasteiger partial charge in [0.2, 0.25) is 0 Å². The molecule has 0 saturated heterocycles. The molecule has 23 nitrogen and oxygen atoms in total. The summed E-state index contributed by atoms with van der Waals surface area (Å²) in [6.07, 6.45) is 0. The molecule has 0 spiro atoms. The molecule has 6 aromatic rings. The molecule has 0 fully saturated rings. The van der Waals surface area contributed by atoms with E-state index in [1.165, 1.54) is 48.5 Å². The highest BCUT2D eigenvalue weighted by Gasteiger charge is 2.24. The molecule has 0 aliphatic carbocycles. The summed E-state index contributed by atoms with van der Waals surface area (Å²) >= 11 is 0. The van der Waals surface area contributed by atoms with E-state index in [0.29, 0.717) is 69.5 Å². The number of hydrogen-bond acceptors (Lipinski definition) is 15. The van der Waals surface area contributed by atoms with Crippen LogP contribution in [0.3, 0.4) is 0 Å². The van der Waals surface area contributed by atoms with Gasteiger partial charge in [0.15, 0.2) is 11.5 Å². The molecule has 0 unspecified atom stereocenters. The van der Waals surface area contributed by atoms with Gasteiger partial charge in [0.05, 0.1) is 43.9 Å². The summed E-state index contributed by atoms with van der Waals surface area (Å²) in [5.74, 6) is -7.01. The Morgan fingerprint density at radius 2 is 0.824 bits per heavy atom. The molecule has 0 heterocycles. The maximum Gasteiger partial charge on any atom is 0.339 e. The molecular weight excluding hydrogens is 933 g/mol. The lowest BCUT2D eigenvalue weighted by atomic mass is 10.1. The Hall–Kier alpha value is -8.91. The van der Waals surface area contributed by atoms with E-state index in [-0.39, 0.29) is 11.1 Å². The van der Waals surface area contributed by atoms with Crippen LogP contribution in [0.15, 0.2) is 139 Å². The van der Waals surface area contributed by atoms with Gasteiger partial charge in [0, 0.05) is 33.6 Å². The van der Waals surface area contributed by atoms with Crippen molar-refractivity contribution < 1.29 is 70.3 Å². The minimum absolute atomic E-state index is 0.00303. The molecule has 348 valence electrons. The Morgan fingerprint density at radius 3 is 1.15 bits per heavy atom. The molecule has 0 bridgehead atoms. The number of amides is 4. The number of carboxylic acid groups (broad SMARTS) is 2. The van der Waals surface area contributed by atoms with Crippen LogP contribution in [-0.4, -0.2) is 76.2 Å². The summed E-state index contributed by atoms with van der Waals surface area (Å²) < 4.78 is 65.3. The summed E-state index contributed by atoms with van der Waals surface area (Å²) in [7, 11) is -9.79. The number of aromatic carboxylic acids is 2. The van der Waals surface area contributed by atoms with Gasteiger partial charge in [-0.3, -0.25) is 18.7 Å². The number of aromatic hydroxyl groups is 2. The topological polar surface area (TPSA) is 373 Å². The second-order valence-electron chi connectivity index (χ2n) is 14.2. The number of nitrogens with one attached hydrogen (secondary N) is 4. The Balaban J connectivity index is 1.07. The summed E-state index contributed by atoms with van der Waals surface area (Å²) in [6, 6.07) is 22.7. The number of azo groups is 2. The number of rotatable bonds is 14. The van der Waals surface area contributed by atoms with E-state index in [9.17, 15) is 70.3 Å². The zero-order chi connectivity index (χ0) is 49.7. The van der Waals surface area contributed by atoms with Gasteiger partial charge in [-0.1, -0.05) is 12.1 Å². The monoisotopic (exact) mass is 966 g/mol. The molecule has 10 N–H and O–H groups in total. The molecule has 0 aromatic heterocycles. The lowest BCUT2D eigenvalue weighted by Crippen LogP contribution is -2.20. The smallest absolute Gasteiger partial charge is 0.339 e. The number of carboxylic acids is 2. The standard InChI is InChI=1S/C43H34N8O15S2/c1-21-31(5-3-7-33(21)50-48-25-13-9-23(10-14-25)39(54)44-35-19-27(67(61,62)63)17-29(37(35)52)41(56)57)46-43(60)47-32-6-4-8-34(22(32)2)51-49-26-15-11-24(12-16-26)40(55)45-36-20-28(68(64,65)66)18-30(38(36)53)42(58)59/h3-20,52-53H,1-2H3,(H,44,54)(H,45,55)(H,56,57)(H,58,59)(H2,46,47,60)(H,61,62,63)(H,64,65,66). The van der Waals surface area contributed by atoms with Crippen LogP contribution in [0, 0.1) is 13.8 Å². The highest BCUT2D eigenvalue weighted by molar-refractivity contribution is 7.86. The van der Waals surface area contributed by atoms with Crippen molar-refractivity contribution in [2.75, 3.05) is 21.3 Å². The maximum absolute atomic E-state index is 13.2. The Labute approximate surface area is 384 Å². The first-order chi connectivity index (χ1) is 32.0. The van der Waals surface area contributed by atoms with Gasteiger partial charge in [-0.15, -0.1) is 0 Å². The first-order valence-electron chi connectivity index (χ1n) is 19.1. The molecule has 25 heteroatoms. The van der Waals surface area contributed by atoms with Crippen molar-refractivity contribution in [2.24, 2.45) is 20.5 Å². The Kier molecular flexibility index (Phi) is 14.0. The zero-order valence-electron chi connectivity index (χ0n) is 34.9. The lowest BCUT2D eigenvalue weighted by Gasteiger charge is -2.13. The van der Waals surface area contributed by atoms with E-state index < -0.39 is 93.8 Å². The van der Waals surface area contributed by atoms with Crippen molar-refractivity contribution >= 4 is 95.5 Å². The molecule has 6 rings (SSSR count). The third-order valence-corrected chi connectivity index (χ3v) is 11.3. The fourth-order valence-corrected chi connectivity index (χ4v) is 7.08. The second-order valence-corrected chi connectivity index (χ2v) is 17.0. The van der Waals surface area contributed by atoms with Crippen molar-refractivity contribution in [3.05, 3.63) is 143 Å². The van der Waals surface area contributed by atoms with Crippen LogP contribution >= 0.6 is 0 Å². The van der Waals surface area contributed by atoms with E-state index in [1.54, 1.807) is 50.2 Å². The van der Waals surface area contributed by atoms with Gasteiger partial charge in [-0.25, -0.2) is 14.4 Å². The number of anilines is 4. The minimum atomic E-state index is -4.89. The summed E-state index contributed by atoms with van der Waals surface area (Å²) in [6.45, 7) is 3.38. The summed E-state index contributed by atoms with van der Waals surface area (Å²) in [5.41, 5.74) is 0.281. The van der Waals surface area contributed by atoms with Crippen molar-refractivity contribution in [3.8, 4) is 11.5 Å². The van der Waals surface area contributed by atoms with E-state index in [4.69, 9.17) is 0 Å². The molecule has 4 amide bonds. The number of carbonyl (C=O) groups is 5. The second kappa shape index (κ2) is 19.7. The van der Waals surface area contributed by atoms with Gasteiger partial charge in [0.1, 0.15) is 11.1 Å². The highest BCUT2D eigenvalue weighted by atomic mass is 32.2. The number of carbonyl (C=O) groups excluding carboxylic acids is 3. The van der Waals surface area contributed by atoms with Crippen molar-refractivity contribution in [1.29, 1.82) is 0 Å². The van der Waals surface area contributed by atoms with E-state index in [0.717, 1.165) is 0 Å². The summed E-state index contributed by atoms with van der Waals surface area (Å²) in [4.78, 5) is 60.2. The van der Waals surface area contributed by atoms with E-state index in [1.807, 2.05) is 0 Å². The quantitative estimate of drug-likeness (QED) is 0.0277. The number of urea groups is 1. The van der Waals surface area contributed by atoms with Gasteiger partial charge >= 0.3 is 18.0 Å². The molecule has 0 aliphatic rings. The molecule has 0 atom stereocenters. The predicted molar refractivity (Wildman–Crippen MR) is 242 cm³/mol. The third-order valence-electron chi connectivity index (χ3n) is 9.63. The van der Waals surface area contributed by atoms with Crippen molar-refractivity contribution in [2.45, 2.75) is 23.6 Å². The van der Waals surface area contributed by atoms with Gasteiger partial charge in [0.25, 0.3) is 32.1 Å². The maximum atomic E-state index is 13.2. The fourth-order valence-electron chi connectivity index (χ4n) is 6.01. The highest BCUT2D eigenvalue weighted by Crippen LogP contribution is 2.35. The number of hydrogen-bond donors (Lipinski definition) is 10.